The molecule has 0 N–H and O–H groups in total. The van der Waals surface area contributed by atoms with Gasteiger partial charge in [-0.1, -0.05) is 18.5 Å². The number of fused-ring (bicyclic) bond motifs is 1. The van der Waals surface area contributed by atoms with Gasteiger partial charge in [0.25, 0.3) is 0 Å². The first-order valence-corrected chi connectivity index (χ1v) is 7.94. The first-order chi connectivity index (χ1) is 11.6. The summed E-state index contributed by atoms with van der Waals surface area (Å²) in [5.74, 6) is 0.0508. The molecule has 0 saturated carbocycles. The van der Waals surface area contributed by atoms with Crippen LogP contribution in [-0.4, -0.2) is 5.97 Å². The molecule has 1 heterocycles. The Balaban J connectivity index is 1.93. The van der Waals surface area contributed by atoms with Gasteiger partial charge in [-0.05, 0) is 49.7 Å². The minimum atomic E-state index is -4.48. The maximum atomic E-state index is 12.7. The predicted octanol–water partition coefficient (Wildman–Crippen LogP) is 5.95. The highest BCUT2D eigenvalue weighted by molar-refractivity contribution is 6.32. The van der Waals surface area contributed by atoms with Crippen LogP contribution in [0.5, 0.6) is 11.5 Å². The summed E-state index contributed by atoms with van der Waals surface area (Å²) in [5, 5.41) is -0.152. The Morgan fingerprint density at radius 3 is 2.52 bits per heavy atom. The fourth-order valence-electron chi connectivity index (χ4n) is 2.67. The molecule has 132 valence electrons. The number of ether oxygens (including phenoxy) is 2. The molecule has 2 aromatic rings. The number of alkyl halides is 3. The quantitative estimate of drug-likeness (QED) is 0.626. The Hall–Kier alpha value is -2.21. The lowest BCUT2D eigenvalue weighted by atomic mass is 9.92. The summed E-state index contributed by atoms with van der Waals surface area (Å²) in [7, 11) is 0. The van der Waals surface area contributed by atoms with E-state index < -0.39 is 23.3 Å². The van der Waals surface area contributed by atoms with E-state index in [1.807, 2.05) is 6.92 Å². The molecular formula is C18H14ClF3O3. The normalized spacial score (nSPS) is 19.5. The Labute approximate surface area is 147 Å². The average Bonchev–Trinajstić information content (AvgIpc) is 2.80. The number of rotatable bonds is 3. The maximum Gasteiger partial charge on any atom is 0.416 e. The first kappa shape index (κ1) is 17.6. The highest BCUT2D eigenvalue weighted by Gasteiger charge is 2.40. The second kappa shape index (κ2) is 5.95. The van der Waals surface area contributed by atoms with E-state index in [9.17, 15) is 18.0 Å². The maximum absolute atomic E-state index is 12.7. The van der Waals surface area contributed by atoms with Gasteiger partial charge in [0, 0.05) is 5.56 Å². The van der Waals surface area contributed by atoms with Crippen LogP contribution in [0, 0.1) is 0 Å². The molecule has 25 heavy (non-hydrogen) atoms. The van der Waals surface area contributed by atoms with E-state index in [0.29, 0.717) is 23.3 Å². The molecule has 0 spiro atoms. The molecule has 0 amide bonds. The minimum absolute atomic E-state index is 0.0954. The van der Waals surface area contributed by atoms with Gasteiger partial charge in [0.1, 0.15) is 17.1 Å². The zero-order valence-corrected chi connectivity index (χ0v) is 14.2. The third-order valence-corrected chi connectivity index (χ3v) is 4.56. The minimum Gasteiger partial charge on any atom is -0.456 e. The van der Waals surface area contributed by atoms with Crippen LogP contribution in [-0.2, 0) is 16.5 Å². The van der Waals surface area contributed by atoms with E-state index in [0.717, 1.165) is 12.1 Å². The third-order valence-electron chi connectivity index (χ3n) is 4.26. The number of esters is 1. The molecule has 0 aromatic heterocycles. The fourth-order valence-corrected chi connectivity index (χ4v) is 2.89. The van der Waals surface area contributed by atoms with Gasteiger partial charge in [-0.3, -0.25) is 0 Å². The SMILES string of the molecule is CCC1(C)OC(=O)c2ccc(Oc3ccc(C(F)(F)F)cc3Cl)cc21. The molecular weight excluding hydrogens is 357 g/mol. The molecule has 0 radical (unpaired) electrons. The van der Waals surface area contributed by atoms with Gasteiger partial charge in [-0.25, -0.2) is 4.79 Å². The van der Waals surface area contributed by atoms with Gasteiger partial charge in [-0.15, -0.1) is 0 Å². The van der Waals surface area contributed by atoms with Crippen LogP contribution >= 0.6 is 11.6 Å². The zero-order chi connectivity index (χ0) is 18.4. The van der Waals surface area contributed by atoms with Crippen molar-refractivity contribution in [3.05, 3.63) is 58.1 Å². The van der Waals surface area contributed by atoms with E-state index in [1.165, 1.54) is 6.07 Å². The van der Waals surface area contributed by atoms with Gasteiger partial charge < -0.3 is 9.47 Å². The number of halogens is 4. The summed E-state index contributed by atoms with van der Waals surface area (Å²) in [6.45, 7) is 3.69. The number of benzene rings is 2. The van der Waals surface area contributed by atoms with Crippen molar-refractivity contribution < 1.29 is 27.4 Å². The molecule has 3 rings (SSSR count). The molecule has 1 unspecified atom stereocenters. The molecule has 1 aliphatic heterocycles. The van der Waals surface area contributed by atoms with Crippen molar-refractivity contribution in [1.29, 1.82) is 0 Å². The highest BCUT2D eigenvalue weighted by Crippen LogP contribution is 2.42. The van der Waals surface area contributed by atoms with Crippen LogP contribution in [0.15, 0.2) is 36.4 Å². The molecule has 1 aliphatic rings. The van der Waals surface area contributed by atoms with Crippen LogP contribution in [0.4, 0.5) is 13.2 Å². The molecule has 0 aliphatic carbocycles. The summed E-state index contributed by atoms with van der Waals surface area (Å²) in [6, 6.07) is 7.66. The summed E-state index contributed by atoms with van der Waals surface area (Å²) in [4.78, 5) is 11.9. The van der Waals surface area contributed by atoms with E-state index in [2.05, 4.69) is 0 Å². The van der Waals surface area contributed by atoms with Gasteiger partial charge in [-0.2, -0.15) is 13.2 Å². The van der Waals surface area contributed by atoms with E-state index >= 15 is 0 Å². The summed E-state index contributed by atoms with van der Waals surface area (Å²) in [6.07, 6.45) is -3.90. The molecule has 1 atom stereocenters. The van der Waals surface area contributed by atoms with Gasteiger partial charge in [0.2, 0.25) is 0 Å². The van der Waals surface area contributed by atoms with Crippen LogP contribution in [0.3, 0.4) is 0 Å². The Kier molecular flexibility index (Phi) is 4.19. The number of hydrogen-bond donors (Lipinski definition) is 0. The van der Waals surface area contributed by atoms with E-state index in [-0.39, 0.29) is 10.8 Å². The van der Waals surface area contributed by atoms with Crippen molar-refractivity contribution in [2.75, 3.05) is 0 Å². The van der Waals surface area contributed by atoms with E-state index in [4.69, 9.17) is 21.1 Å². The number of cyclic esters (lactones) is 1. The Morgan fingerprint density at radius 1 is 1.20 bits per heavy atom. The topological polar surface area (TPSA) is 35.5 Å². The van der Waals surface area contributed by atoms with Crippen LogP contribution in [0.25, 0.3) is 0 Å². The van der Waals surface area contributed by atoms with Gasteiger partial charge in [0.15, 0.2) is 0 Å². The fraction of sp³-hybridized carbons (Fsp3) is 0.278. The lowest BCUT2D eigenvalue weighted by Crippen LogP contribution is -2.20. The predicted molar refractivity (Wildman–Crippen MR) is 86.0 cm³/mol. The molecule has 0 fully saturated rings. The average molecular weight is 371 g/mol. The zero-order valence-electron chi connectivity index (χ0n) is 13.4. The summed E-state index contributed by atoms with van der Waals surface area (Å²) >= 11 is 5.91. The van der Waals surface area contributed by atoms with Crippen molar-refractivity contribution in [2.45, 2.75) is 32.0 Å². The van der Waals surface area contributed by atoms with Crippen molar-refractivity contribution >= 4 is 17.6 Å². The monoisotopic (exact) mass is 370 g/mol. The van der Waals surface area contributed by atoms with Crippen molar-refractivity contribution in [3.8, 4) is 11.5 Å². The smallest absolute Gasteiger partial charge is 0.416 e. The second-order valence-corrected chi connectivity index (χ2v) is 6.33. The molecule has 0 bridgehead atoms. The first-order valence-electron chi connectivity index (χ1n) is 7.56. The van der Waals surface area contributed by atoms with Crippen molar-refractivity contribution in [1.82, 2.24) is 0 Å². The third kappa shape index (κ3) is 3.18. The van der Waals surface area contributed by atoms with Gasteiger partial charge in [0.05, 0.1) is 16.1 Å². The Morgan fingerprint density at radius 2 is 1.92 bits per heavy atom. The summed E-state index contributed by atoms with van der Waals surface area (Å²) < 4.78 is 49.1. The van der Waals surface area contributed by atoms with Crippen molar-refractivity contribution in [3.63, 3.8) is 0 Å². The highest BCUT2D eigenvalue weighted by atomic mass is 35.5. The lowest BCUT2D eigenvalue weighted by Gasteiger charge is -2.22. The van der Waals surface area contributed by atoms with E-state index in [1.54, 1.807) is 25.1 Å². The number of hydrogen-bond acceptors (Lipinski definition) is 3. The molecule has 0 saturated heterocycles. The van der Waals surface area contributed by atoms with Crippen molar-refractivity contribution in [2.24, 2.45) is 0 Å². The van der Waals surface area contributed by atoms with Crippen LogP contribution in [0.2, 0.25) is 5.02 Å². The lowest BCUT2D eigenvalue weighted by molar-refractivity contribution is -0.137. The van der Waals surface area contributed by atoms with Crippen LogP contribution in [0.1, 0.15) is 41.8 Å². The number of carbonyl (C=O) groups excluding carboxylic acids is 1. The standard InChI is InChI=1S/C18H14ClF3O3/c1-3-17(2)13-9-11(5-6-12(13)16(23)25-17)24-15-7-4-10(8-14(15)19)18(20,21)22/h4-9H,3H2,1-2H3. The summed E-state index contributed by atoms with van der Waals surface area (Å²) in [5.41, 5.74) is -0.470. The molecule has 7 heteroatoms. The van der Waals surface area contributed by atoms with Gasteiger partial charge >= 0.3 is 12.1 Å². The molecule has 2 aromatic carbocycles. The number of carbonyl (C=O) groups is 1. The Bertz CT molecular complexity index is 848. The largest absolute Gasteiger partial charge is 0.456 e. The second-order valence-electron chi connectivity index (χ2n) is 5.93. The van der Waals surface area contributed by atoms with Crippen LogP contribution < -0.4 is 4.74 Å². The molecule has 3 nitrogen and oxygen atoms in total.